The summed E-state index contributed by atoms with van der Waals surface area (Å²) in [4.78, 5) is 7.99. The van der Waals surface area contributed by atoms with Crippen molar-refractivity contribution in [1.82, 2.24) is 14.4 Å². The third-order valence-corrected chi connectivity index (χ3v) is 1.91. The first-order valence-corrected chi connectivity index (χ1v) is 3.98. The van der Waals surface area contributed by atoms with Crippen LogP contribution in [0.4, 0.5) is 0 Å². The standard InChI is InChI=1S/C8H10N4O/c9-3-7(13)6-4-11-8-5-10-1-2-12(6)8/h1-2,4-5,7,13H,3,9H2/t7-/m0/s1. The smallest absolute Gasteiger partial charge is 0.155 e. The quantitative estimate of drug-likeness (QED) is 0.663. The number of aliphatic hydroxyl groups excluding tert-OH is 1. The number of nitrogens with zero attached hydrogens (tertiary/aromatic N) is 3. The molecule has 68 valence electrons. The van der Waals surface area contributed by atoms with E-state index in [2.05, 4.69) is 9.97 Å². The summed E-state index contributed by atoms with van der Waals surface area (Å²) in [6, 6.07) is 0. The van der Waals surface area contributed by atoms with Gasteiger partial charge in [0.15, 0.2) is 5.65 Å². The van der Waals surface area contributed by atoms with E-state index in [1.165, 1.54) is 0 Å². The van der Waals surface area contributed by atoms with Gasteiger partial charge >= 0.3 is 0 Å². The van der Waals surface area contributed by atoms with Gasteiger partial charge in [-0.2, -0.15) is 0 Å². The summed E-state index contributed by atoms with van der Waals surface area (Å²) in [6.07, 6.45) is 5.96. The minimum absolute atomic E-state index is 0.191. The molecule has 5 heteroatoms. The van der Waals surface area contributed by atoms with Crippen molar-refractivity contribution in [2.75, 3.05) is 6.54 Å². The van der Waals surface area contributed by atoms with Crippen LogP contribution in [0.1, 0.15) is 11.8 Å². The van der Waals surface area contributed by atoms with Crippen LogP contribution in [0.25, 0.3) is 5.65 Å². The van der Waals surface area contributed by atoms with E-state index in [1.807, 2.05) is 0 Å². The zero-order valence-corrected chi connectivity index (χ0v) is 6.96. The zero-order chi connectivity index (χ0) is 9.26. The van der Waals surface area contributed by atoms with Crippen molar-refractivity contribution < 1.29 is 5.11 Å². The highest BCUT2D eigenvalue weighted by Crippen LogP contribution is 2.12. The van der Waals surface area contributed by atoms with Crippen molar-refractivity contribution in [2.45, 2.75) is 6.10 Å². The lowest BCUT2D eigenvalue weighted by Crippen LogP contribution is -2.13. The summed E-state index contributed by atoms with van der Waals surface area (Å²) in [7, 11) is 0. The first-order chi connectivity index (χ1) is 6.33. The Kier molecular flexibility index (Phi) is 1.96. The van der Waals surface area contributed by atoms with E-state index >= 15 is 0 Å². The fraction of sp³-hybridized carbons (Fsp3) is 0.250. The Balaban J connectivity index is 2.57. The van der Waals surface area contributed by atoms with E-state index in [4.69, 9.17) is 5.73 Å². The highest BCUT2D eigenvalue weighted by Gasteiger charge is 2.10. The van der Waals surface area contributed by atoms with Crippen molar-refractivity contribution in [3.63, 3.8) is 0 Å². The Labute approximate surface area is 74.9 Å². The molecule has 2 aromatic heterocycles. The first kappa shape index (κ1) is 8.15. The van der Waals surface area contributed by atoms with Crippen LogP contribution in [-0.2, 0) is 0 Å². The van der Waals surface area contributed by atoms with Crippen LogP contribution in [0, 0.1) is 0 Å². The molecule has 0 radical (unpaired) electrons. The minimum atomic E-state index is -0.669. The predicted octanol–water partition coefficient (Wildman–Crippen LogP) is -0.279. The molecule has 0 saturated carbocycles. The number of imidazole rings is 1. The number of aliphatic hydroxyl groups is 1. The summed E-state index contributed by atoms with van der Waals surface area (Å²) >= 11 is 0. The Morgan fingerprint density at radius 3 is 3.15 bits per heavy atom. The lowest BCUT2D eigenvalue weighted by atomic mass is 10.3. The van der Waals surface area contributed by atoms with Crippen LogP contribution in [0.15, 0.2) is 24.8 Å². The van der Waals surface area contributed by atoms with E-state index in [0.717, 1.165) is 0 Å². The lowest BCUT2D eigenvalue weighted by molar-refractivity contribution is 0.181. The van der Waals surface area contributed by atoms with Crippen LogP contribution in [-0.4, -0.2) is 26.0 Å². The third-order valence-electron chi connectivity index (χ3n) is 1.91. The van der Waals surface area contributed by atoms with Crippen LogP contribution in [0.2, 0.25) is 0 Å². The third kappa shape index (κ3) is 1.28. The molecule has 0 aliphatic rings. The second kappa shape index (κ2) is 3.12. The Hall–Kier alpha value is -1.46. The molecule has 13 heavy (non-hydrogen) atoms. The van der Waals surface area contributed by atoms with E-state index in [9.17, 15) is 5.11 Å². The Bertz CT molecular complexity index is 411. The number of fused-ring (bicyclic) bond motifs is 1. The van der Waals surface area contributed by atoms with Crippen LogP contribution >= 0.6 is 0 Å². The molecular formula is C8H10N4O. The average Bonchev–Trinajstić information content (AvgIpc) is 2.60. The monoisotopic (exact) mass is 178 g/mol. The summed E-state index contributed by atoms with van der Waals surface area (Å²) < 4.78 is 1.77. The average molecular weight is 178 g/mol. The second-order valence-electron chi connectivity index (χ2n) is 2.74. The van der Waals surface area contributed by atoms with E-state index in [-0.39, 0.29) is 6.54 Å². The van der Waals surface area contributed by atoms with Crippen LogP contribution in [0.5, 0.6) is 0 Å². The molecule has 2 rings (SSSR count). The van der Waals surface area contributed by atoms with Gasteiger partial charge in [-0.1, -0.05) is 0 Å². The summed E-state index contributed by atoms with van der Waals surface area (Å²) in [5.74, 6) is 0. The van der Waals surface area contributed by atoms with Gasteiger partial charge in [0.25, 0.3) is 0 Å². The first-order valence-electron chi connectivity index (χ1n) is 3.98. The second-order valence-corrected chi connectivity index (χ2v) is 2.74. The lowest BCUT2D eigenvalue weighted by Gasteiger charge is -2.05. The van der Waals surface area contributed by atoms with Gasteiger partial charge in [-0.15, -0.1) is 0 Å². The highest BCUT2D eigenvalue weighted by atomic mass is 16.3. The fourth-order valence-corrected chi connectivity index (χ4v) is 1.23. The molecule has 0 spiro atoms. The van der Waals surface area contributed by atoms with Crippen LogP contribution in [0.3, 0.4) is 0 Å². The van der Waals surface area contributed by atoms with Gasteiger partial charge in [0, 0.05) is 18.9 Å². The molecule has 0 bridgehead atoms. The van der Waals surface area contributed by atoms with Crippen molar-refractivity contribution in [2.24, 2.45) is 5.73 Å². The molecule has 0 saturated heterocycles. The number of aromatic nitrogens is 3. The molecule has 0 aromatic carbocycles. The maximum atomic E-state index is 9.51. The molecule has 0 aliphatic heterocycles. The van der Waals surface area contributed by atoms with Crippen molar-refractivity contribution in [3.05, 3.63) is 30.5 Å². The normalized spacial score (nSPS) is 13.4. The van der Waals surface area contributed by atoms with Gasteiger partial charge in [-0.05, 0) is 0 Å². The maximum absolute atomic E-state index is 9.51. The predicted molar refractivity (Wildman–Crippen MR) is 47.0 cm³/mol. The zero-order valence-electron chi connectivity index (χ0n) is 6.96. The van der Waals surface area contributed by atoms with Gasteiger partial charge in [0.2, 0.25) is 0 Å². The molecule has 5 nitrogen and oxygen atoms in total. The molecule has 1 atom stereocenters. The van der Waals surface area contributed by atoms with E-state index < -0.39 is 6.10 Å². The van der Waals surface area contributed by atoms with Gasteiger partial charge in [0.1, 0.15) is 6.10 Å². The summed E-state index contributed by atoms with van der Waals surface area (Å²) in [6.45, 7) is 0.191. The molecule has 0 fully saturated rings. The highest BCUT2D eigenvalue weighted by molar-refractivity contribution is 5.37. The largest absolute Gasteiger partial charge is 0.385 e. The van der Waals surface area contributed by atoms with Crippen LogP contribution < -0.4 is 5.73 Å². The number of hydrogen-bond donors (Lipinski definition) is 2. The minimum Gasteiger partial charge on any atom is -0.385 e. The van der Waals surface area contributed by atoms with Crippen molar-refractivity contribution in [3.8, 4) is 0 Å². The number of hydrogen-bond acceptors (Lipinski definition) is 4. The number of rotatable bonds is 2. The molecule has 0 aliphatic carbocycles. The summed E-state index contributed by atoms with van der Waals surface area (Å²) in [5, 5.41) is 9.51. The molecule has 0 unspecified atom stereocenters. The Morgan fingerprint density at radius 1 is 1.54 bits per heavy atom. The van der Waals surface area contributed by atoms with Crippen molar-refractivity contribution >= 4 is 5.65 Å². The van der Waals surface area contributed by atoms with Gasteiger partial charge in [-0.25, -0.2) is 4.98 Å². The maximum Gasteiger partial charge on any atom is 0.155 e. The topological polar surface area (TPSA) is 76.4 Å². The molecule has 3 N–H and O–H groups in total. The Morgan fingerprint density at radius 2 is 2.38 bits per heavy atom. The van der Waals surface area contributed by atoms with Gasteiger partial charge in [-0.3, -0.25) is 9.38 Å². The van der Waals surface area contributed by atoms with Crippen molar-refractivity contribution in [1.29, 1.82) is 0 Å². The summed E-state index contributed by atoms with van der Waals surface area (Å²) in [5.41, 5.74) is 6.75. The van der Waals surface area contributed by atoms with Gasteiger partial charge in [0.05, 0.1) is 18.1 Å². The van der Waals surface area contributed by atoms with E-state index in [0.29, 0.717) is 11.3 Å². The number of nitrogens with two attached hydrogens (primary N) is 1. The molecule has 2 aromatic rings. The SMILES string of the molecule is NC[C@H](O)c1cnc2cnccn12. The van der Waals surface area contributed by atoms with Gasteiger partial charge < -0.3 is 10.8 Å². The molecule has 0 amide bonds. The fourth-order valence-electron chi connectivity index (χ4n) is 1.23. The van der Waals surface area contributed by atoms with E-state index in [1.54, 1.807) is 29.2 Å². The molecule has 2 heterocycles. The molecular weight excluding hydrogens is 168 g/mol.